The number of carbonyl (C=O) groups excluding carboxylic acids is 2. The van der Waals surface area contributed by atoms with E-state index in [-0.39, 0.29) is 0 Å². The van der Waals surface area contributed by atoms with Crippen LogP contribution in [0, 0.1) is 0 Å². The molecule has 0 bridgehead atoms. The summed E-state index contributed by atoms with van der Waals surface area (Å²) in [5, 5.41) is 0. The van der Waals surface area contributed by atoms with Crippen LogP contribution in [-0.2, 0) is 9.59 Å². The first-order valence-electron chi connectivity index (χ1n) is 9.26. The van der Waals surface area contributed by atoms with Gasteiger partial charge in [0, 0.05) is 13.1 Å². The number of likely N-dealkylation sites (N-methyl/N-ethyl adjacent to an activating group) is 4. The van der Waals surface area contributed by atoms with Gasteiger partial charge in [-0.05, 0) is 66.2 Å². The van der Waals surface area contributed by atoms with E-state index in [1.54, 1.807) is 0 Å². The molecule has 142 valence electrons. The zero-order valence-corrected chi connectivity index (χ0v) is 16.2. The van der Waals surface area contributed by atoms with Crippen molar-refractivity contribution >= 4 is 12.6 Å². The molecule has 0 aliphatic heterocycles. The third-order valence-corrected chi connectivity index (χ3v) is 4.43. The fraction of sp³-hybridized carbons (Fsp3) is 0.889. The Hall–Kier alpha value is -0.820. The summed E-state index contributed by atoms with van der Waals surface area (Å²) in [4.78, 5) is 30.0. The van der Waals surface area contributed by atoms with Crippen LogP contribution in [-0.4, -0.2) is 112 Å². The van der Waals surface area contributed by atoms with Crippen molar-refractivity contribution < 1.29 is 9.59 Å². The van der Waals surface area contributed by atoms with E-state index in [9.17, 15) is 9.59 Å². The van der Waals surface area contributed by atoms with Gasteiger partial charge in [0.05, 0.1) is 13.1 Å². The lowest BCUT2D eigenvalue weighted by molar-refractivity contribution is -0.109. The largest absolute Gasteiger partial charge is 0.302 e. The molecule has 0 spiro atoms. The minimum absolute atomic E-state index is 0.522. The van der Waals surface area contributed by atoms with Crippen molar-refractivity contribution in [3.8, 4) is 0 Å². The van der Waals surface area contributed by atoms with Gasteiger partial charge in [-0.25, -0.2) is 0 Å². The van der Waals surface area contributed by atoms with Gasteiger partial charge in [-0.1, -0.05) is 13.8 Å². The molecular formula is C18H38N4O2. The van der Waals surface area contributed by atoms with Gasteiger partial charge in [0.15, 0.2) is 0 Å². The Morgan fingerprint density at radius 1 is 0.625 bits per heavy atom. The van der Waals surface area contributed by atoms with Crippen LogP contribution in [0.4, 0.5) is 0 Å². The topological polar surface area (TPSA) is 47.1 Å². The Morgan fingerprint density at radius 3 is 1.29 bits per heavy atom. The Labute approximate surface area is 148 Å². The average molecular weight is 343 g/mol. The number of aldehydes is 2. The molecule has 0 aromatic rings. The van der Waals surface area contributed by atoms with Gasteiger partial charge in [0.25, 0.3) is 0 Å². The first-order valence-corrected chi connectivity index (χ1v) is 9.26. The lowest BCUT2D eigenvalue weighted by Crippen LogP contribution is -2.37. The Morgan fingerprint density at radius 2 is 1.00 bits per heavy atom. The quantitative estimate of drug-likeness (QED) is 0.362. The molecule has 0 radical (unpaired) electrons. The van der Waals surface area contributed by atoms with E-state index in [0.717, 1.165) is 77.8 Å². The normalized spacial score (nSPS) is 11.8. The standard InChI is InChI=1S/C18H38N4O2/c1-5-21(11-7-9-19(3)15-17-23)13-14-22(6-2)12-8-10-20(4)16-18-24/h17-18H,5-16H2,1-4H3. The van der Waals surface area contributed by atoms with Crippen LogP contribution in [0.1, 0.15) is 26.7 Å². The summed E-state index contributed by atoms with van der Waals surface area (Å²) in [6, 6.07) is 0. The Kier molecular flexibility index (Phi) is 15.2. The van der Waals surface area contributed by atoms with Crippen LogP contribution >= 0.6 is 0 Å². The van der Waals surface area contributed by atoms with E-state index in [4.69, 9.17) is 0 Å². The molecule has 0 amide bonds. The zero-order valence-electron chi connectivity index (χ0n) is 16.2. The van der Waals surface area contributed by atoms with Gasteiger partial charge in [0.2, 0.25) is 0 Å². The predicted octanol–water partition coefficient (Wildman–Crippen LogP) is 0.672. The Bertz CT molecular complexity index is 285. The molecule has 0 N–H and O–H groups in total. The first kappa shape index (κ1) is 23.2. The van der Waals surface area contributed by atoms with Gasteiger partial charge in [-0.2, -0.15) is 0 Å². The summed E-state index contributed by atoms with van der Waals surface area (Å²) in [5.41, 5.74) is 0. The van der Waals surface area contributed by atoms with Crippen LogP contribution in [0.5, 0.6) is 0 Å². The lowest BCUT2D eigenvalue weighted by atomic mass is 10.3. The van der Waals surface area contributed by atoms with Crippen molar-refractivity contribution in [1.29, 1.82) is 0 Å². The minimum atomic E-state index is 0.522. The van der Waals surface area contributed by atoms with Crippen molar-refractivity contribution in [3.05, 3.63) is 0 Å². The molecule has 0 rings (SSSR count). The average Bonchev–Trinajstić information content (AvgIpc) is 2.56. The maximum absolute atomic E-state index is 10.5. The minimum Gasteiger partial charge on any atom is -0.302 e. The van der Waals surface area contributed by atoms with E-state index < -0.39 is 0 Å². The van der Waals surface area contributed by atoms with E-state index >= 15 is 0 Å². The van der Waals surface area contributed by atoms with Crippen molar-refractivity contribution in [1.82, 2.24) is 19.6 Å². The summed E-state index contributed by atoms with van der Waals surface area (Å²) >= 11 is 0. The molecule has 0 aliphatic rings. The van der Waals surface area contributed by atoms with Crippen LogP contribution in [0.2, 0.25) is 0 Å². The van der Waals surface area contributed by atoms with E-state index in [1.807, 2.05) is 14.1 Å². The molecule has 0 fully saturated rings. The van der Waals surface area contributed by atoms with Crippen LogP contribution in [0.15, 0.2) is 0 Å². The molecule has 0 aromatic carbocycles. The highest BCUT2D eigenvalue weighted by Gasteiger charge is 2.08. The van der Waals surface area contributed by atoms with Crippen molar-refractivity contribution in [2.24, 2.45) is 0 Å². The molecule has 0 saturated carbocycles. The van der Waals surface area contributed by atoms with Crippen LogP contribution in [0.25, 0.3) is 0 Å². The second-order valence-corrected chi connectivity index (χ2v) is 6.43. The molecule has 0 atom stereocenters. The third kappa shape index (κ3) is 12.6. The van der Waals surface area contributed by atoms with Crippen molar-refractivity contribution in [2.75, 3.05) is 79.5 Å². The number of hydrogen-bond acceptors (Lipinski definition) is 6. The maximum Gasteiger partial charge on any atom is 0.133 e. The molecule has 0 aliphatic carbocycles. The summed E-state index contributed by atoms with van der Waals surface area (Å²) in [7, 11) is 3.98. The number of rotatable bonds is 17. The highest BCUT2D eigenvalue weighted by molar-refractivity contribution is 5.52. The molecule has 0 aromatic heterocycles. The molecule has 6 heteroatoms. The molecule has 0 unspecified atom stereocenters. The summed E-state index contributed by atoms with van der Waals surface area (Å²) in [6.07, 6.45) is 4.12. The number of carbonyl (C=O) groups is 2. The zero-order chi connectivity index (χ0) is 18.2. The van der Waals surface area contributed by atoms with Crippen molar-refractivity contribution in [3.63, 3.8) is 0 Å². The van der Waals surface area contributed by atoms with Gasteiger partial charge in [-0.3, -0.25) is 9.80 Å². The number of hydrogen-bond donors (Lipinski definition) is 0. The van der Waals surface area contributed by atoms with Gasteiger partial charge >= 0.3 is 0 Å². The monoisotopic (exact) mass is 342 g/mol. The van der Waals surface area contributed by atoms with E-state index in [0.29, 0.717) is 13.1 Å². The van der Waals surface area contributed by atoms with Gasteiger partial charge in [0.1, 0.15) is 12.6 Å². The van der Waals surface area contributed by atoms with Crippen molar-refractivity contribution in [2.45, 2.75) is 26.7 Å². The lowest BCUT2D eigenvalue weighted by Gasteiger charge is -2.27. The highest BCUT2D eigenvalue weighted by atomic mass is 16.1. The fourth-order valence-corrected chi connectivity index (χ4v) is 2.70. The maximum atomic E-state index is 10.5. The predicted molar refractivity (Wildman–Crippen MR) is 101 cm³/mol. The second-order valence-electron chi connectivity index (χ2n) is 6.43. The molecular weight excluding hydrogens is 304 g/mol. The highest BCUT2D eigenvalue weighted by Crippen LogP contribution is 1.98. The molecule has 0 saturated heterocycles. The summed E-state index contributed by atoms with van der Waals surface area (Å²) in [6.45, 7) is 13.9. The van der Waals surface area contributed by atoms with E-state index in [1.165, 1.54) is 0 Å². The Balaban J connectivity index is 3.92. The van der Waals surface area contributed by atoms with Gasteiger partial charge in [-0.15, -0.1) is 0 Å². The summed E-state index contributed by atoms with van der Waals surface area (Å²) in [5.74, 6) is 0. The molecule has 6 nitrogen and oxygen atoms in total. The smallest absolute Gasteiger partial charge is 0.133 e. The third-order valence-electron chi connectivity index (χ3n) is 4.43. The second kappa shape index (κ2) is 15.7. The van der Waals surface area contributed by atoms with Crippen LogP contribution in [0.3, 0.4) is 0 Å². The molecule has 24 heavy (non-hydrogen) atoms. The first-order chi connectivity index (χ1) is 11.6. The summed E-state index contributed by atoms with van der Waals surface area (Å²) < 4.78 is 0. The number of nitrogens with zero attached hydrogens (tertiary/aromatic N) is 4. The fourth-order valence-electron chi connectivity index (χ4n) is 2.70. The molecule has 0 heterocycles. The van der Waals surface area contributed by atoms with Gasteiger partial charge < -0.3 is 19.4 Å². The van der Waals surface area contributed by atoms with E-state index in [2.05, 4.69) is 33.4 Å². The van der Waals surface area contributed by atoms with Crippen LogP contribution < -0.4 is 0 Å². The SMILES string of the molecule is CCN(CCCN(C)CC=O)CCN(CC)CCCN(C)CC=O.